The highest BCUT2D eigenvalue weighted by atomic mass is 15.0. The molecular formula is C18H23BN2. The number of hydrogen-bond acceptors (Lipinski definition) is 2. The molecule has 1 heterocycles. The molecule has 2 aromatic rings. The van der Waals surface area contributed by atoms with Gasteiger partial charge in [0.1, 0.15) is 0 Å². The molecule has 0 radical (unpaired) electrons. The first kappa shape index (κ1) is 14.1. The number of rotatable bonds is 6. The maximum atomic E-state index is 3.57. The van der Waals surface area contributed by atoms with Gasteiger partial charge in [0.05, 0.1) is 0 Å². The minimum absolute atomic E-state index is 0.191. The number of anilines is 2. The maximum Gasteiger partial charge on any atom is 0.398 e. The summed E-state index contributed by atoms with van der Waals surface area (Å²) >= 11 is 0. The number of hydrogen-bond donors (Lipinski definition) is 2. The Labute approximate surface area is 127 Å². The molecule has 0 saturated carbocycles. The van der Waals surface area contributed by atoms with Crippen LogP contribution in [0, 0.1) is 0 Å². The van der Waals surface area contributed by atoms with Crippen molar-refractivity contribution < 1.29 is 0 Å². The smallest absolute Gasteiger partial charge is 0.398 e. The van der Waals surface area contributed by atoms with Crippen molar-refractivity contribution in [3.63, 3.8) is 0 Å². The lowest BCUT2D eigenvalue weighted by Gasteiger charge is -2.24. The summed E-state index contributed by atoms with van der Waals surface area (Å²) in [6, 6.07) is 12.9. The molecule has 0 fully saturated rings. The minimum Gasteiger partial charge on any atom is -0.405 e. The van der Waals surface area contributed by atoms with Crippen LogP contribution in [0.4, 0.5) is 11.4 Å². The van der Waals surface area contributed by atoms with Crippen LogP contribution in [-0.2, 0) is 0 Å². The quantitative estimate of drug-likeness (QED) is 0.558. The van der Waals surface area contributed by atoms with Gasteiger partial charge in [0.15, 0.2) is 0 Å². The van der Waals surface area contributed by atoms with Gasteiger partial charge in [-0.15, -0.1) is 0 Å². The van der Waals surface area contributed by atoms with Crippen LogP contribution >= 0.6 is 0 Å². The van der Waals surface area contributed by atoms with E-state index in [4.69, 9.17) is 0 Å². The van der Waals surface area contributed by atoms with Crippen molar-refractivity contribution in [3.8, 4) is 0 Å². The largest absolute Gasteiger partial charge is 0.405 e. The molecule has 0 amide bonds. The lowest BCUT2D eigenvalue weighted by atomic mass is 9.73. The first-order valence-corrected chi connectivity index (χ1v) is 8.10. The van der Waals surface area contributed by atoms with Crippen molar-refractivity contribution in [2.75, 3.05) is 10.5 Å². The molecule has 2 nitrogen and oxygen atoms in total. The Bertz CT molecular complexity index is 595. The summed E-state index contributed by atoms with van der Waals surface area (Å²) < 4.78 is 0. The summed E-state index contributed by atoms with van der Waals surface area (Å²) in [4.78, 5) is 0. The molecule has 0 saturated heterocycles. The van der Waals surface area contributed by atoms with Gasteiger partial charge in [-0.2, -0.15) is 0 Å². The third kappa shape index (κ3) is 3.23. The molecule has 2 N–H and O–H groups in total. The number of allylic oxidation sites excluding steroid dienone is 1. The molecule has 3 heteroatoms. The Kier molecular flexibility index (Phi) is 4.49. The molecule has 0 atom stereocenters. The summed E-state index contributed by atoms with van der Waals surface area (Å²) in [6.45, 7) is 2.45. The van der Waals surface area contributed by atoms with Crippen molar-refractivity contribution in [1.82, 2.24) is 0 Å². The van der Waals surface area contributed by atoms with E-state index in [2.05, 4.69) is 65.8 Å². The molecule has 0 spiro atoms. The second kappa shape index (κ2) is 6.71. The Morgan fingerprint density at radius 1 is 0.952 bits per heavy atom. The molecule has 0 aromatic heterocycles. The van der Waals surface area contributed by atoms with E-state index < -0.39 is 0 Å². The van der Waals surface area contributed by atoms with Gasteiger partial charge in [-0.3, -0.25) is 0 Å². The minimum atomic E-state index is 0.191. The van der Waals surface area contributed by atoms with E-state index in [1.807, 2.05) is 0 Å². The Morgan fingerprint density at radius 2 is 1.67 bits per heavy atom. The Morgan fingerprint density at radius 3 is 2.33 bits per heavy atom. The van der Waals surface area contributed by atoms with E-state index in [0.29, 0.717) is 0 Å². The fourth-order valence-electron chi connectivity index (χ4n) is 2.97. The van der Waals surface area contributed by atoms with Crippen LogP contribution in [0.2, 0.25) is 0 Å². The topological polar surface area (TPSA) is 24.1 Å². The average molecular weight is 278 g/mol. The summed E-state index contributed by atoms with van der Waals surface area (Å²) in [5.41, 5.74) is 2.45. The van der Waals surface area contributed by atoms with Crippen LogP contribution < -0.4 is 10.5 Å². The highest BCUT2D eigenvalue weighted by molar-refractivity contribution is 6.72. The molecule has 1 aliphatic heterocycles. The second-order valence-electron chi connectivity index (χ2n) is 5.75. The van der Waals surface area contributed by atoms with Crippen LogP contribution in [0.15, 0.2) is 48.4 Å². The molecular weight excluding hydrogens is 255 g/mol. The van der Waals surface area contributed by atoms with Gasteiger partial charge in [-0.1, -0.05) is 62.5 Å². The fourth-order valence-corrected chi connectivity index (χ4v) is 2.97. The third-order valence-electron chi connectivity index (χ3n) is 4.08. The van der Waals surface area contributed by atoms with Crippen molar-refractivity contribution >= 4 is 29.1 Å². The van der Waals surface area contributed by atoms with E-state index >= 15 is 0 Å². The van der Waals surface area contributed by atoms with Gasteiger partial charge in [-0.05, 0) is 30.4 Å². The average Bonchev–Trinajstić information content (AvgIpc) is 2.51. The van der Waals surface area contributed by atoms with Gasteiger partial charge in [0.2, 0.25) is 0 Å². The zero-order valence-corrected chi connectivity index (χ0v) is 12.7. The van der Waals surface area contributed by atoms with Crippen molar-refractivity contribution in [2.45, 2.75) is 39.0 Å². The monoisotopic (exact) mass is 278 g/mol. The first-order valence-electron chi connectivity index (χ1n) is 8.10. The zero-order valence-electron chi connectivity index (χ0n) is 12.7. The van der Waals surface area contributed by atoms with E-state index in [1.54, 1.807) is 0 Å². The van der Waals surface area contributed by atoms with E-state index in [1.165, 1.54) is 54.3 Å². The molecule has 2 aromatic carbocycles. The van der Waals surface area contributed by atoms with Gasteiger partial charge < -0.3 is 10.5 Å². The van der Waals surface area contributed by atoms with Crippen LogP contribution in [0.5, 0.6) is 0 Å². The van der Waals surface area contributed by atoms with Crippen LogP contribution in [0.1, 0.15) is 39.0 Å². The standard InChI is InChI=1S/C18H23BN2/c1-2-3-4-5-6-7-14-19-20-16-12-8-10-15-11-9-13-17(21-19)18(15)16/h7-14,20-21H,2-6H2,1H3/b14-7+. The molecule has 0 aliphatic carbocycles. The molecule has 3 rings (SSSR count). The molecule has 0 unspecified atom stereocenters. The number of nitrogens with one attached hydrogen (secondary N) is 2. The van der Waals surface area contributed by atoms with Gasteiger partial charge in [0, 0.05) is 16.8 Å². The zero-order chi connectivity index (χ0) is 14.5. The van der Waals surface area contributed by atoms with Crippen molar-refractivity contribution in [1.29, 1.82) is 0 Å². The van der Waals surface area contributed by atoms with Gasteiger partial charge >= 0.3 is 6.98 Å². The number of benzene rings is 2. The summed E-state index contributed by atoms with van der Waals surface area (Å²) in [7, 11) is 0. The van der Waals surface area contributed by atoms with Crippen LogP contribution in [0.25, 0.3) is 10.8 Å². The van der Waals surface area contributed by atoms with Crippen LogP contribution in [0.3, 0.4) is 0 Å². The lowest BCUT2D eigenvalue weighted by molar-refractivity contribution is 0.674. The maximum absolute atomic E-state index is 3.57. The fraction of sp³-hybridized carbons (Fsp3) is 0.333. The van der Waals surface area contributed by atoms with Gasteiger partial charge in [-0.25, -0.2) is 0 Å². The van der Waals surface area contributed by atoms with E-state index in [-0.39, 0.29) is 6.98 Å². The normalized spacial score (nSPS) is 13.5. The van der Waals surface area contributed by atoms with Crippen molar-refractivity contribution in [2.24, 2.45) is 0 Å². The second-order valence-corrected chi connectivity index (χ2v) is 5.75. The summed E-state index contributed by atoms with van der Waals surface area (Å²) in [5.74, 6) is 2.25. The Balaban J connectivity index is 1.66. The SMILES string of the molecule is CCCCCC/C=C/B1Nc2cccc3cccc(c23)N1. The van der Waals surface area contributed by atoms with E-state index in [9.17, 15) is 0 Å². The molecule has 0 bridgehead atoms. The van der Waals surface area contributed by atoms with E-state index in [0.717, 1.165) is 0 Å². The molecule has 21 heavy (non-hydrogen) atoms. The number of unbranched alkanes of at least 4 members (excludes halogenated alkanes) is 4. The highest BCUT2D eigenvalue weighted by Gasteiger charge is 2.20. The third-order valence-corrected chi connectivity index (χ3v) is 4.08. The molecule has 1 aliphatic rings. The predicted octanol–water partition coefficient (Wildman–Crippen LogP) is 5.23. The molecule has 108 valence electrons. The first-order chi connectivity index (χ1) is 10.4. The Hall–Kier alpha value is -1.90. The van der Waals surface area contributed by atoms with Crippen molar-refractivity contribution in [3.05, 3.63) is 48.4 Å². The lowest BCUT2D eigenvalue weighted by Crippen LogP contribution is -2.35. The predicted molar refractivity (Wildman–Crippen MR) is 94.8 cm³/mol. The van der Waals surface area contributed by atoms with Gasteiger partial charge in [0.25, 0.3) is 0 Å². The van der Waals surface area contributed by atoms with Crippen LogP contribution in [-0.4, -0.2) is 6.98 Å². The summed E-state index contributed by atoms with van der Waals surface area (Å²) in [5, 5.41) is 9.71. The highest BCUT2D eigenvalue weighted by Crippen LogP contribution is 2.33. The summed E-state index contributed by atoms with van der Waals surface area (Å²) in [6.07, 6.45) is 8.76.